The van der Waals surface area contributed by atoms with E-state index < -0.39 is 34.1 Å². The molecule has 1 unspecified atom stereocenters. The molecule has 10 heteroatoms. The first-order valence-corrected chi connectivity index (χ1v) is 9.50. The van der Waals surface area contributed by atoms with Crippen molar-refractivity contribution in [2.24, 2.45) is 0 Å². The van der Waals surface area contributed by atoms with Crippen LogP contribution in [-0.2, 0) is 14.3 Å². The number of rotatable bonds is 6. The summed E-state index contributed by atoms with van der Waals surface area (Å²) in [5.74, 6) is 0.109. The Morgan fingerprint density at radius 2 is 1.79 bits per heavy atom. The highest BCUT2D eigenvalue weighted by molar-refractivity contribution is 6.53. The van der Waals surface area contributed by atoms with Gasteiger partial charge in [0, 0.05) is 17.7 Å². The standard InChI is InChI=1S/C19H18Cl2N2O6/c1-27-14-8-4-12(5-9-14)19-28-10-15(22-18(24)17(20)21)16(29-19)11-2-6-13(7-3-11)23(25)26/h2-9,15-17,19H,10H2,1H3,(H,22,24)/t15-,16?,19+/m0/s1. The monoisotopic (exact) mass is 440 g/mol. The predicted octanol–water partition coefficient (Wildman–Crippen LogP) is 3.68. The number of carbonyl (C=O) groups is 1. The fraction of sp³-hybridized carbons (Fsp3) is 0.316. The number of non-ortho nitro benzene ring substituents is 1. The average molecular weight is 441 g/mol. The van der Waals surface area contributed by atoms with Crippen LogP contribution in [0.3, 0.4) is 0 Å². The molecule has 8 nitrogen and oxygen atoms in total. The first-order valence-electron chi connectivity index (χ1n) is 8.63. The van der Waals surface area contributed by atoms with Gasteiger partial charge in [-0.2, -0.15) is 0 Å². The lowest BCUT2D eigenvalue weighted by atomic mass is 10.0. The third kappa shape index (κ3) is 5.16. The van der Waals surface area contributed by atoms with Crippen molar-refractivity contribution in [2.75, 3.05) is 13.7 Å². The molecule has 1 aliphatic heterocycles. The van der Waals surface area contributed by atoms with Gasteiger partial charge in [-0.25, -0.2) is 0 Å². The molecule has 1 aliphatic rings. The van der Waals surface area contributed by atoms with Crippen LogP contribution >= 0.6 is 23.2 Å². The first kappa shape index (κ1) is 21.3. The molecule has 154 valence electrons. The van der Waals surface area contributed by atoms with E-state index >= 15 is 0 Å². The summed E-state index contributed by atoms with van der Waals surface area (Å²) in [6.07, 6.45) is -1.33. The van der Waals surface area contributed by atoms with E-state index in [4.69, 9.17) is 37.4 Å². The van der Waals surface area contributed by atoms with Crippen LogP contribution < -0.4 is 10.1 Å². The second-order valence-electron chi connectivity index (χ2n) is 6.26. The van der Waals surface area contributed by atoms with E-state index in [1.807, 2.05) is 12.1 Å². The van der Waals surface area contributed by atoms with Gasteiger partial charge in [0.05, 0.1) is 24.7 Å². The Balaban J connectivity index is 1.85. The molecule has 29 heavy (non-hydrogen) atoms. The molecule has 1 N–H and O–H groups in total. The Bertz CT molecular complexity index is 860. The van der Waals surface area contributed by atoms with Gasteiger partial charge in [-0.05, 0) is 29.8 Å². The summed E-state index contributed by atoms with van der Waals surface area (Å²) in [5, 5.41) is 13.6. The fourth-order valence-corrected chi connectivity index (χ4v) is 3.07. The summed E-state index contributed by atoms with van der Waals surface area (Å²) < 4.78 is 17.0. The molecule has 0 spiro atoms. The minimum atomic E-state index is -1.24. The number of alkyl halides is 2. The Morgan fingerprint density at radius 1 is 1.17 bits per heavy atom. The smallest absolute Gasteiger partial charge is 0.269 e. The summed E-state index contributed by atoms with van der Waals surface area (Å²) in [6.45, 7) is 0.130. The zero-order valence-corrected chi connectivity index (χ0v) is 16.8. The second kappa shape index (κ2) is 9.41. The SMILES string of the molecule is COc1ccc([C@@H]2OC[C@H](NC(=O)C(Cl)Cl)C(c3ccc([N+](=O)[O-])cc3)O2)cc1. The van der Waals surface area contributed by atoms with E-state index in [1.165, 1.54) is 12.1 Å². The number of carbonyl (C=O) groups excluding carboxylic acids is 1. The van der Waals surface area contributed by atoms with Gasteiger partial charge in [0.25, 0.3) is 11.6 Å². The average Bonchev–Trinajstić information content (AvgIpc) is 2.74. The van der Waals surface area contributed by atoms with Gasteiger partial charge in [-0.3, -0.25) is 14.9 Å². The maximum absolute atomic E-state index is 12.0. The van der Waals surface area contributed by atoms with Crippen molar-refractivity contribution in [3.05, 3.63) is 69.8 Å². The summed E-state index contributed by atoms with van der Waals surface area (Å²) in [5.41, 5.74) is 1.35. The van der Waals surface area contributed by atoms with Gasteiger partial charge in [0.1, 0.15) is 11.9 Å². The van der Waals surface area contributed by atoms with E-state index in [0.717, 1.165) is 5.56 Å². The molecule has 0 aliphatic carbocycles. The van der Waals surface area contributed by atoms with Crippen molar-refractivity contribution in [1.29, 1.82) is 0 Å². The number of benzene rings is 2. The highest BCUT2D eigenvalue weighted by Crippen LogP contribution is 2.36. The molecule has 0 saturated carbocycles. The molecule has 0 bridgehead atoms. The largest absolute Gasteiger partial charge is 0.497 e. The molecular weight excluding hydrogens is 423 g/mol. The quantitative estimate of drug-likeness (QED) is 0.417. The summed E-state index contributed by atoms with van der Waals surface area (Å²) in [4.78, 5) is 21.2. The summed E-state index contributed by atoms with van der Waals surface area (Å²) >= 11 is 11.3. The Hall–Kier alpha value is -2.39. The third-order valence-electron chi connectivity index (χ3n) is 4.41. The molecule has 3 atom stereocenters. The summed E-state index contributed by atoms with van der Waals surface area (Å²) in [7, 11) is 1.57. The molecule has 1 heterocycles. The number of nitro groups is 1. The Labute approximate surface area is 176 Å². The number of methoxy groups -OCH3 is 1. The van der Waals surface area contributed by atoms with Crippen LogP contribution in [0.25, 0.3) is 0 Å². The predicted molar refractivity (Wildman–Crippen MR) is 106 cm³/mol. The Morgan fingerprint density at radius 3 is 2.34 bits per heavy atom. The highest BCUT2D eigenvalue weighted by Gasteiger charge is 2.35. The zero-order valence-electron chi connectivity index (χ0n) is 15.3. The van der Waals surface area contributed by atoms with E-state index in [1.54, 1.807) is 31.4 Å². The molecule has 1 amide bonds. The van der Waals surface area contributed by atoms with Gasteiger partial charge in [0.15, 0.2) is 11.1 Å². The van der Waals surface area contributed by atoms with E-state index in [2.05, 4.69) is 5.32 Å². The molecule has 1 fully saturated rings. The van der Waals surface area contributed by atoms with E-state index in [9.17, 15) is 14.9 Å². The zero-order chi connectivity index (χ0) is 21.0. The number of ether oxygens (including phenoxy) is 3. The van der Waals surface area contributed by atoms with Crippen molar-refractivity contribution in [2.45, 2.75) is 23.3 Å². The normalized spacial score (nSPS) is 21.6. The van der Waals surface area contributed by atoms with Crippen molar-refractivity contribution in [3.63, 3.8) is 0 Å². The number of nitrogens with zero attached hydrogens (tertiary/aromatic N) is 1. The molecule has 0 radical (unpaired) electrons. The molecule has 1 saturated heterocycles. The van der Waals surface area contributed by atoms with Gasteiger partial charge in [-0.15, -0.1) is 0 Å². The highest BCUT2D eigenvalue weighted by atomic mass is 35.5. The van der Waals surface area contributed by atoms with E-state index in [0.29, 0.717) is 11.3 Å². The number of halogens is 2. The van der Waals surface area contributed by atoms with Gasteiger partial charge in [0.2, 0.25) is 0 Å². The molecule has 3 rings (SSSR count). The molecular formula is C19H18Cl2N2O6. The van der Waals surface area contributed by atoms with Crippen LogP contribution in [0.4, 0.5) is 5.69 Å². The van der Waals surface area contributed by atoms with Gasteiger partial charge < -0.3 is 19.5 Å². The third-order valence-corrected chi connectivity index (χ3v) is 4.81. The van der Waals surface area contributed by atoms with Gasteiger partial charge in [-0.1, -0.05) is 35.3 Å². The van der Waals surface area contributed by atoms with Crippen molar-refractivity contribution >= 4 is 34.8 Å². The van der Waals surface area contributed by atoms with Crippen LogP contribution in [0.5, 0.6) is 5.75 Å². The summed E-state index contributed by atoms with van der Waals surface area (Å²) in [6, 6.07) is 12.5. The number of amides is 1. The maximum atomic E-state index is 12.0. The van der Waals surface area contributed by atoms with E-state index in [-0.39, 0.29) is 12.3 Å². The lowest BCUT2D eigenvalue weighted by Gasteiger charge is -2.37. The van der Waals surface area contributed by atoms with Crippen molar-refractivity contribution < 1.29 is 23.9 Å². The van der Waals surface area contributed by atoms with Crippen LogP contribution in [0.15, 0.2) is 48.5 Å². The fourth-order valence-electron chi connectivity index (χ4n) is 2.94. The topological polar surface area (TPSA) is 99.9 Å². The number of nitrogens with one attached hydrogen (secondary N) is 1. The Kier molecular flexibility index (Phi) is 6.92. The van der Waals surface area contributed by atoms with Gasteiger partial charge >= 0.3 is 0 Å². The minimum absolute atomic E-state index is 0.0466. The van der Waals surface area contributed by atoms with Crippen LogP contribution in [0.1, 0.15) is 23.5 Å². The van der Waals surface area contributed by atoms with Crippen LogP contribution in [0, 0.1) is 10.1 Å². The molecule has 0 aromatic heterocycles. The molecule has 2 aromatic carbocycles. The second-order valence-corrected chi connectivity index (χ2v) is 7.36. The van der Waals surface area contributed by atoms with Crippen molar-refractivity contribution in [3.8, 4) is 5.75 Å². The number of nitro benzene ring substituents is 1. The lowest BCUT2D eigenvalue weighted by molar-refractivity contribution is -0.384. The number of hydrogen-bond acceptors (Lipinski definition) is 6. The molecule has 2 aromatic rings. The van der Waals surface area contributed by atoms with Crippen LogP contribution in [-0.4, -0.2) is 35.4 Å². The maximum Gasteiger partial charge on any atom is 0.269 e. The number of hydrogen-bond donors (Lipinski definition) is 1. The minimum Gasteiger partial charge on any atom is -0.497 e. The first-order chi connectivity index (χ1) is 13.9. The van der Waals surface area contributed by atoms with Crippen LogP contribution in [0.2, 0.25) is 0 Å². The lowest BCUT2D eigenvalue weighted by Crippen LogP contribution is -2.48. The van der Waals surface area contributed by atoms with Crippen molar-refractivity contribution in [1.82, 2.24) is 5.32 Å².